The van der Waals surface area contributed by atoms with Gasteiger partial charge in [-0.05, 0) is 37.5 Å². The molecule has 0 radical (unpaired) electrons. The second-order valence-corrected chi connectivity index (χ2v) is 7.58. The summed E-state index contributed by atoms with van der Waals surface area (Å²) in [5, 5.41) is 4.27. The quantitative estimate of drug-likeness (QED) is 0.752. The second kappa shape index (κ2) is 6.47. The normalized spacial score (nSPS) is 22.6. The molecule has 2 atom stereocenters. The van der Waals surface area contributed by atoms with Crippen molar-refractivity contribution in [3.05, 3.63) is 48.5 Å². The molecular weight excluding hydrogens is 356 g/mol. The molecule has 1 aliphatic heterocycles. The Labute approximate surface area is 162 Å². The van der Waals surface area contributed by atoms with Gasteiger partial charge in [0.15, 0.2) is 0 Å². The first-order chi connectivity index (χ1) is 13.6. The van der Waals surface area contributed by atoms with Crippen molar-refractivity contribution in [2.45, 2.75) is 37.8 Å². The number of amides is 2. The Morgan fingerprint density at radius 2 is 2.00 bits per heavy atom. The van der Waals surface area contributed by atoms with Crippen molar-refractivity contribution in [3.63, 3.8) is 0 Å². The summed E-state index contributed by atoms with van der Waals surface area (Å²) in [4.78, 5) is 32.3. The summed E-state index contributed by atoms with van der Waals surface area (Å²) >= 11 is 0. The summed E-state index contributed by atoms with van der Waals surface area (Å²) in [6.45, 7) is 0. The van der Waals surface area contributed by atoms with E-state index in [2.05, 4.69) is 15.5 Å². The summed E-state index contributed by atoms with van der Waals surface area (Å²) in [6, 6.07) is 9.51. The summed E-state index contributed by atoms with van der Waals surface area (Å²) in [6.07, 6.45) is 6.26. The van der Waals surface area contributed by atoms with Crippen LogP contribution in [0.2, 0.25) is 0 Å². The molecule has 0 spiro atoms. The van der Waals surface area contributed by atoms with E-state index in [0.717, 1.165) is 29.6 Å². The fraction of sp³-hybridized carbons (Fsp3) is 0.400. The van der Waals surface area contributed by atoms with Gasteiger partial charge in [-0.1, -0.05) is 12.1 Å². The van der Waals surface area contributed by atoms with Crippen molar-refractivity contribution in [2.24, 2.45) is 13.0 Å². The average molecular weight is 378 g/mol. The van der Waals surface area contributed by atoms with E-state index in [1.54, 1.807) is 21.9 Å². The number of fused-ring (bicyclic) bond motifs is 1. The molecule has 1 aliphatic carbocycles. The van der Waals surface area contributed by atoms with E-state index in [-0.39, 0.29) is 29.8 Å². The number of imidazole rings is 1. The van der Waals surface area contributed by atoms with E-state index in [9.17, 15) is 9.59 Å². The van der Waals surface area contributed by atoms with Gasteiger partial charge in [0.05, 0.1) is 28.7 Å². The van der Waals surface area contributed by atoms with Gasteiger partial charge in [0.25, 0.3) is 0 Å². The molecule has 8 heteroatoms. The number of para-hydroxylation sites is 2. The lowest BCUT2D eigenvalue weighted by atomic mass is 9.85. The van der Waals surface area contributed by atoms with Gasteiger partial charge in [-0.15, -0.1) is 0 Å². The van der Waals surface area contributed by atoms with Crippen molar-refractivity contribution >= 4 is 22.8 Å². The predicted octanol–water partition coefficient (Wildman–Crippen LogP) is 1.98. The molecule has 0 bridgehead atoms. The van der Waals surface area contributed by atoms with E-state index in [1.165, 1.54) is 0 Å². The van der Waals surface area contributed by atoms with E-state index >= 15 is 0 Å². The van der Waals surface area contributed by atoms with Crippen LogP contribution in [0.25, 0.3) is 11.0 Å². The zero-order valence-corrected chi connectivity index (χ0v) is 15.7. The molecule has 144 valence electrons. The number of likely N-dealkylation sites (tertiary alicyclic amines) is 1. The minimum Gasteiger partial charge on any atom is -0.330 e. The largest absolute Gasteiger partial charge is 0.330 e. The minimum absolute atomic E-state index is 0.104. The molecule has 28 heavy (non-hydrogen) atoms. The fourth-order valence-electron chi connectivity index (χ4n) is 4.25. The molecule has 1 aromatic carbocycles. The highest BCUT2D eigenvalue weighted by atomic mass is 16.2. The van der Waals surface area contributed by atoms with Crippen LogP contribution in [-0.2, 0) is 16.6 Å². The van der Waals surface area contributed by atoms with Crippen LogP contribution in [0.5, 0.6) is 0 Å². The Bertz CT molecular complexity index is 1050. The number of piperidine rings is 1. The lowest BCUT2D eigenvalue weighted by molar-refractivity contribution is -0.143. The van der Waals surface area contributed by atoms with E-state index in [1.807, 2.05) is 42.3 Å². The Hall–Kier alpha value is -3.16. The lowest BCUT2D eigenvalue weighted by Gasteiger charge is -2.40. The Balaban J connectivity index is 1.48. The van der Waals surface area contributed by atoms with Crippen LogP contribution < -0.4 is 5.43 Å². The number of nitrogens with zero attached hydrogens (tertiary/aromatic N) is 5. The van der Waals surface area contributed by atoms with Crippen LogP contribution >= 0.6 is 0 Å². The molecule has 1 saturated carbocycles. The topological polar surface area (TPSA) is 85.0 Å². The summed E-state index contributed by atoms with van der Waals surface area (Å²) in [5.74, 6) is -0.312. The van der Waals surface area contributed by atoms with Crippen LogP contribution in [0.4, 0.5) is 0 Å². The first-order valence-corrected chi connectivity index (χ1v) is 9.65. The zero-order valence-electron chi connectivity index (χ0n) is 15.7. The minimum atomic E-state index is -0.338. The van der Waals surface area contributed by atoms with Crippen molar-refractivity contribution in [1.29, 1.82) is 0 Å². The predicted molar refractivity (Wildman–Crippen MR) is 103 cm³/mol. The molecule has 2 unspecified atom stereocenters. The summed E-state index contributed by atoms with van der Waals surface area (Å²) in [5.41, 5.74) is 5.56. The third-order valence-electron chi connectivity index (χ3n) is 5.76. The Morgan fingerprint density at radius 3 is 2.75 bits per heavy atom. The average Bonchev–Trinajstić information content (AvgIpc) is 3.32. The Morgan fingerprint density at radius 1 is 1.18 bits per heavy atom. The smallest absolute Gasteiger partial charge is 0.244 e. The third-order valence-corrected chi connectivity index (χ3v) is 5.76. The molecule has 1 N–H and O–H groups in total. The molecule has 2 aromatic heterocycles. The van der Waals surface area contributed by atoms with Gasteiger partial charge in [-0.2, -0.15) is 5.10 Å². The molecule has 8 nitrogen and oxygen atoms in total. The van der Waals surface area contributed by atoms with Crippen LogP contribution in [0.1, 0.15) is 37.4 Å². The molecule has 3 heterocycles. The lowest BCUT2D eigenvalue weighted by Crippen LogP contribution is -2.49. The molecule has 3 aromatic rings. The molecule has 1 saturated heterocycles. The summed E-state index contributed by atoms with van der Waals surface area (Å²) in [7, 11) is 1.86. The first-order valence-electron chi connectivity index (χ1n) is 9.65. The third kappa shape index (κ3) is 2.76. The van der Waals surface area contributed by atoms with Crippen LogP contribution in [0.3, 0.4) is 0 Å². The number of carbonyl (C=O) groups excluding carboxylic acids is 2. The molecule has 5 rings (SSSR count). The van der Waals surface area contributed by atoms with E-state index < -0.39 is 0 Å². The number of rotatable bonds is 4. The van der Waals surface area contributed by atoms with Crippen LogP contribution in [0.15, 0.2) is 42.9 Å². The number of hydrogen-bond acceptors (Lipinski definition) is 4. The van der Waals surface area contributed by atoms with Crippen molar-refractivity contribution in [2.75, 3.05) is 5.43 Å². The first kappa shape index (κ1) is 17.0. The van der Waals surface area contributed by atoms with Crippen molar-refractivity contribution < 1.29 is 9.59 Å². The second-order valence-electron chi connectivity index (χ2n) is 7.58. The summed E-state index contributed by atoms with van der Waals surface area (Å²) < 4.78 is 3.43. The maximum absolute atomic E-state index is 13.3. The van der Waals surface area contributed by atoms with Crippen LogP contribution in [-0.4, -0.2) is 42.2 Å². The monoisotopic (exact) mass is 378 g/mol. The highest BCUT2D eigenvalue weighted by Crippen LogP contribution is 2.43. The van der Waals surface area contributed by atoms with Crippen molar-refractivity contribution in [3.8, 4) is 0 Å². The number of aryl methyl sites for hydroxylation is 1. The highest BCUT2D eigenvalue weighted by molar-refractivity contribution is 5.91. The maximum atomic E-state index is 13.3. The number of benzene rings is 1. The number of aromatic nitrogens is 4. The SMILES string of the molecule is Cn1nccc1C1C(C(=O)Nn2cnc3ccccc32)CCC(=O)N1C1CC1. The van der Waals surface area contributed by atoms with Gasteiger partial charge in [-0.3, -0.25) is 19.7 Å². The molecule has 2 fully saturated rings. The van der Waals surface area contributed by atoms with Crippen molar-refractivity contribution in [1.82, 2.24) is 24.3 Å². The van der Waals surface area contributed by atoms with E-state index in [4.69, 9.17) is 0 Å². The fourth-order valence-corrected chi connectivity index (χ4v) is 4.25. The van der Waals surface area contributed by atoms with Gasteiger partial charge in [0.2, 0.25) is 11.8 Å². The molecule has 2 aliphatic rings. The molecular formula is C20H22N6O2. The van der Waals surface area contributed by atoms with Gasteiger partial charge in [0.1, 0.15) is 6.33 Å². The van der Waals surface area contributed by atoms with Gasteiger partial charge in [-0.25, -0.2) is 9.66 Å². The maximum Gasteiger partial charge on any atom is 0.244 e. The van der Waals surface area contributed by atoms with Gasteiger partial charge in [0, 0.05) is 25.7 Å². The Kier molecular flexibility index (Phi) is 3.92. The zero-order chi connectivity index (χ0) is 19.3. The number of carbonyl (C=O) groups is 2. The van der Waals surface area contributed by atoms with Gasteiger partial charge < -0.3 is 4.90 Å². The van der Waals surface area contributed by atoms with E-state index in [0.29, 0.717) is 12.8 Å². The molecule has 2 amide bonds. The highest BCUT2D eigenvalue weighted by Gasteiger charge is 2.47. The van der Waals surface area contributed by atoms with Gasteiger partial charge >= 0.3 is 0 Å². The van der Waals surface area contributed by atoms with Crippen LogP contribution in [0, 0.1) is 5.92 Å². The number of nitrogens with one attached hydrogen (secondary N) is 1. The standard InChI is InChI=1S/C20H22N6O2/c1-24-17(10-11-22-24)19-14(8-9-18(27)26(19)13-6-7-13)20(28)23-25-12-21-15-4-2-3-5-16(15)25/h2-5,10-14,19H,6-9H2,1H3,(H,23,28). The number of hydrogen-bond donors (Lipinski definition) is 1.